The van der Waals surface area contributed by atoms with Gasteiger partial charge in [-0.3, -0.25) is 0 Å². The van der Waals surface area contributed by atoms with Crippen LogP contribution in [-0.4, -0.2) is 23.0 Å². The van der Waals surface area contributed by atoms with Crippen LogP contribution in [0.4, 0.5) is 5.13 Å². The van der Waals surface area contributed by atoms with E-state index in [1.54, 1.807) is 6.20 Å². The maximum atomic E-state index is 11.4. The third-order valence-corrected chi connectivity index (χ3v) is 4.02. The molecule has 0 aromatic carbocycles. The standard InChI is InChI=1S/C13H16ClN3O3S/c1-13(2,3)7-5-15-8(20-7)6-16-12-17-10(14)9(21-12)11(18)19-4/h5H,6H2,1-4H3,(H,16,17). The van der Waals surface area contributed by atoms with Crippen LogP contribution in [0.2, 0.25) is 5.15 Å². The van der Waals surface area contributed by atoms with Crippen LogP contribution in [0.25, 0.3) is 0 Å². The van der Waals surface area contributed by atoms with E-state index in [9.17, 15) is 4.79 Å². The van der Waals surface area contributed by atoms with E-state index < -0.39 is 5.97 Å². The Hall–Kier alpha value is -1.60. The molecule has 0 spiro atoms. The average Bonchev–Trinajstić information content (AvgIpc) is 3.01. The van der Waals surface area contributed by atoms with Gasteiger partial charge in [0.2, 0.25) is 5.89 Å². The number of halogens is 1. The van der Waals surface area contributed by atoms with Crippen molar-refractivity contribution in [3.8, 4) is 0 Å². The zero-order valence-corrected chi connectivity index (χ0v) is 13.8. The molecular weight excluding hydrogens is 314 g/mol. The lowest BCUT2D eigenvalue weighted by Crippen LogP contribution is -2.09. The normalized spacial score (nSPS) is 11.5. The Morgan fingerprint density at radius 1 is 1.52 bits per heavy atom. The van der Waals surface area contributed by atoms with E-state index >= 15 is 0 Å². The Labute approximate surface area is 131 Å². The number of hydrogen-bond donors (Lipinski definition) is 1. The minimum absolute atomic E-state index is 0.0895. The van der Waals surface area contributed by atoms with Crippen molar-refractivity contribution in [3.63, 3.8) is 0 Å². The number of hydrogen-bond acceptors (Lipinski definition) is 7. The third kappa shape index (κ3) is 3.74. The molecule has 2 aromatic rings. The molecule has 2 heterocycles. The van der Waals surface area contributed by atoms with Gasteiger partial charge >= 0.3 is 5.97 Å². The van der Waals surface area contributed by atoms with Crippen LogP contribution in [-0.2, 0) is 16.7 Å². The summed E-state index contributed by atoms with van der Waals surface area (Å²) in [5.74, 6) is 0.856. The van der Waals surface area contributed by atoms with Crippen LogP contribution in [0, 0.1) is 0 Å². The van der Waals surface area contributed by atoms with Crippen molar-refractivity contribution in [2.75, 3.05) is 12.4 Å². The molecule has 0 unspecified atom stereocenters. The number of oxazole rings is 1. The first-order chi connectivity index (χ1) is 9.81. The van der Waals surface area contributed by atoms with Crippen molar-refractivity contribution in [1.29, 1.82) is 0 Å². The summed E-state index contributed by atoms with van der Waals surface area (Å²) in [6, 6.07) is 0. The molecule has 0 fully saturated rings. The van der Waals surface area contributed by atoms with E-state index in [2.05, 4.69) is 20.0 Å². The number of carbonyl (C=O) groups excluding carboxylic acids is 1. The number of thiazole rings is 1. The van der Waals surface area contributed by atoms with Crippen molar-refractivity contribution in [1.82, 2.24) is 9.97 Å². The van der Waals surface area contributed by atoms with E-state index in [1.165, 1.54) is 7.11 Å². The van der Waals surface area contributed by atoms with Gasteiger partial charge in [0.1, 0.15) is 5.76 Å². The van der Waals surface area contributed by atoms with E-state index in [1.807, 2.05) is 20.8 Å². The van der Waals surface area contributed by atoms with Crippen molar-refractivity contribution in [3.05, 3.63) is 27.9 Å². The van der Waals surface area contributed by atoms with Crippen molar-refractivity contribution in [2.45, 2.75) is 32.7 Å². The van der Waals surface area contributed by atoms with Gasteiger partial charge in [0.15, 0.2) is 15.2 Å². The molecule has 2 rings (SSSR count). The van der Waals surface area contributed by atoms with Crippen molar-refractivity contribution in [2.24, 2.45) is 0 Å². The summed E-state index contributed by atoms with van der Waals surface area (Å²) in [5.41, 5.74) is -0.0895. The summed E-state index contributed by atoms with van der Waals surface area (Å²) in [6.45, 7) is 6.51. The number of ether oxygens (including phenoxy) is 1. The number of carbonyl (C=O) groups is 1. The molecule has 8 heteroatoms. The van der Waals surface area contributed by atoms with Gasteiger partial charge in [-0.05, 0) is 0 Å². The highest BCUT2D eigenvalue weighted by atomic mass is 35.5. The van der Waals surface area contributed by atoms with Gasteiger partial charge in [0.05, 0.1) is 19.9 Å². The van der Waals surface area contributed by atoms with Gasteiger partial charge < -0.3 is 14.5 Å². The zero-order chi connectivity index (χ0) is 15.6. The van der Waals surface area contributed by atoms with Crippen LogP contribution < -0.4 is 5.32 Å². The molecule has 0 aliphatic carbocycles. The second kappa shape index (κ2) is 6.03. The molecule has 0 amide bonds. The van der Waals surface area contributed by atoms with Crippen LogP contribution in [0.5, 0.6) is 0 Å². The Kier molecular flexibility index (Phi) is 4.53. The summed E-state index contributed by atoms with van der Waals surface area (Å²) in [5, 5.41) is 3.66. The minimum Gasteiger partial charge on any atom is -0.465 e. The number of rotatable bonds is 4. The molecular formula is C13H16ClN3O3S. The van der Waals surface area contributed by atoms with Crippen molar-refractivity contribution >= 4 is 34.0 Å². The maximum Gasteiger partial charge on any atom is 0.351 e. The summed E-state index contributed by atoms with van der Waals surface area (Å²) < 4.78 is 10.3. The SMILES string of the molecule is COC(=O)c1sc(NCc2ncc(C(C)(C)C)o2)nc1Cl. The van der Waals surface area contributed by atoms with Crippen molar-refractivity contribution < 1.29 is 13.9 Å². The van der Waals surface area contributed by atoms with E-state index in [0.29, 0.717) is 17.6 Å². The highest BCUT2D eigenvalue weighted by Gasteiger charge is 2.20. The van der Waals surface area contributed by atoms with Gasteiger partial charge in [0.25, 0.3) is 0 Å². The summed E-state index contributed by atoms with van der Waals surface area (Å²) in [7, 11) is 1.30. The van der Waals surface area contributed by atoms with Crippen LogP contribution >= 0.6 is 22.9 Å². The Morgan fingerprint density at radius 2 is 2.24 bits per heavy atom. The average molecular weight is 330 g/mol. The van der Waals surface area contributed by atoms with Gasteiger partial charge in [0, 0.05) is 5.41 Å². The second-order valence-electron chi connectivity index (χ2n) is 5.35. The number of esters is 1. The monoisotopic (exact) mass is 329 g/mol. The molecule has 0 aliphatic heterocycles. The fourth-order valence-electron chi connectivity index (χ4n) is 1.49. The predicted molar refractivity (Wildman–Crippen MR) is 81.0 cm³/mol. The highest BCUT2D eigenvalue weighted by molar-refractivity contribution is 7.18. The third-order valence-electron chi connectivity index (χ3n) is 2.64. The summed E-state index contributed by atoms with van der Waals surface area (Å²) in [6.07, 6.45) is 1.71. The van der Waals surface area contributed by atoms with Gasteiger partial charge in [-0.2, -0.15) is 0 Å². The van der Waals surface area contributed by atoms with Gasteiger partial charge in [-0.25, -0.2) is 14.8 Å². The van der Waals surface area contributed by atoms with E-state index in [4.69, 9.17) is 16.0 Å². The molecule has 6 nitrogen and oxygen atoms in total. The number of anilines is 1. The molecule has 0 aliphatic rings. The number of nitrogens with one attached hydrogen (secondary N) is 1. The summed E-state index contributed by atoms with van der Waals surface area (Å²) in [4.78, 5) is 20.0. The predicted octanol–water partition coefficient (Wildman–Crippen LogP) is 3.48. The lowest BCUT2D eigenvalue weighted by Gasteiger charge is -2.13. The number of nitrogens with zero attached hydrogens (tertiary/aromatic N) is 2. The van der Waals surface area contributed by atoms with Crippen LogP contribution in [0.1, 0.15) is 42.1 Å². The Morgan fingerprint density at radius 3 is 2.81 bits per heavy atom. The summed E-state index contributed by atoms with van der Waals surface area (Å²) >= 11 is 7.01. The maximum absolute atomic E-state index is 11.4. The first kappa shape index (κ1) is 15.8. The molecule has 1 N–H and O–H groups in total. The quantitative estimate of drug-likeness (QED) is 0.865. The lowest BCUT2D eigenvalue weighted by atomic mass is 9.94. The highest BCUT2D eigenvalue weighted by Crippen LogP contribution is 2.28. The minimum atomic E-state index is -0.503. The molecule has 0 saturated carbocycles. The van der Waals surface area contributed by atoms with E-state index in [0.717, 1.165) is 17.1 Å². The Bertz CT molecular complexity index is 645. The first-order valence-corrected chi connectivity index (χ1v) is 7.44. The lowest BCUT2D eigenvalue weighted by molar-refractivity contribution is 0.0606. The van der Waals surface area contributed by atoms with Gasteiger partial charge in [-0.1, -0.05) is 43.7 Å². The Balaban J connectivity index is 2.03. The molecule has 2 aromatic heterocycles. The second-order valence-corrected chi connectivity index (χ2v) is 6.71. The molecule has 0 bridgehead atoms. The van der Waals surface area contributed by atoms with E-state index in [-0.39, 0.29) is 15.4 Å². The first-order valence-electron chi connectivity index (χ1n) is 6.25. The van der Waals surface area contributed by atoms with Crippen LogP contribution in [0.15, 0.2) is 10.6 Å². The molecule has 114 valence electrons. The number of methoxy groups -OCH3 is 1. The molecule has 0 saturated heterocycles. The molecule has 21 heavy (non-hydrogen) atoms. The largest absolute Gasteiger partial charge is 0.465 e. The van der Waals surface area contributed by atoms with Crippen LogP contribution in [0.3, 0.4) is 0 Å². The fraction of sp³-hybridized carbons (Fsp3) is 0.462. The van der Waals surface area contributed by atoms with Gasteiger partial charge in [-0.15, -0.1) is 0 Å². The molecule has 0 radical (unpaired) electrons. The fourth-order valence-corrected chi connectivity index (χ4v) is 2.58. The smallest absolute Gasteiger partial charge is 0.351 e. The number of aromatic nitrogens is 2. The zero-order valence-electron chi connectivity index (χ0n) is 12.2. The topological polar surface area (TPSA) is 77.2 Å². The molecule has 0 atom stereocenters.